The van der Waals surface area contributed by atoms with E-state index in [1.54, 1.807) is 0 Å². The third kappa shape index (κ3) is 3.56. The minimum Gasteiger partial charge on any atom is -0.498 e. The van der Waals surface area contributed by atoms with Gasteiger partial charge < -0.3 is 10.4 Å². The summed E-state index contributed by atoms with van der Waals surface area (Å²) in [6.45, 7) is 11.4. The zero-order valence-electron chi connectivity index (χ0n) is 16.2. The van der Waals surface area contributed by atoms with Gasteiger partial charge >= 0.3 is 12.1 Å². The fraction of sp³-hybridized carbons (Fsp3) is 0.333. The number of benzene rings is 2. The molecule has 140 valence electrons. The van der Waals surface area contributed by atoms with Gasteiger partial charge in [-0.25, -0.2) is 0 Å². The fourth-order valence-corrected chi connectivity index (χ4v) is 4.02. The van der Waals surface area contributed by atoms with Gasteiger partial charge in [0.1, 0.15) is 11.1 Å². The van der Waals surface area contributed by atoms with E-state index in [-0.39, 0.29) is 0 Å². The third-order valence-corrected chi connectivity index (χ3v) is 6.43. The Balaban J connectivity index is 2.81. The number of hydrogen-bond donors (Lipinski definition) is 0. The van der Waals surface area contributed by atoms with Crippen molar-refractivity contribution in [1.82, 2.24) is 0 Å². The first kappa shape index (κ1) is 20.9. The van der Waals surface area contributed by atoms with Gasteiger partial charge in [-0.2, -0.15) is 0 Å². The van der Waals surface area contributed by atoms with E-state index in [0.29, 0.717) is 27.6 Å². The van der Waals surface area contributed by atoms with E-state index < -0.39 is 0 Å². The second-order valence-electron chi connectivity index (χ2n) is 6.67. The van der Waals surface area contributed by atoms with Gasteiger partial charge in [-0.15, -0.1) is 0 Å². The van der Waals surface area contributed by atoms with E-state index in [2.05, 4.69) is 22.2 Å². The first-order chi connectivity index (χ1) is 12.7. The minimum atomic E-state index is 0.538. The SMILES string of the molecule is Cc1c(Cl)c(C)c(Cc2c(C)c(Cl)c(C)c(C#[N+][O-])c2C)c(C)c1C#[N+][O-]. The molecule has 27 heavy (non-hydrogen) atoms. The lowest BCUT2D eigenvalue weighted by Gasteiger charge is -2.19. The lowest BCUT2D eigenvalue weighted by atomic mass is 9.85. The Bertz CT molecular complexity index is 983. The molecule has 0 aliphatic carbocycles. The Morgan fingerprint density at radius 1 is 0.630 bits per heavy atom. The van der Waals surface area contributed by atoms with E-state index in [4.69, 9.17) is 23.2 Å². The molecule has 0 aliphatic heterocycles. The van der Waals surface area contributed by atoms with Crippen molar-refractivity contribution in [2.75, 3.05) is 0 Å². The second kappa shape index (κ2) is 8.09. The number of nitrogens with zero attached hydrogens (tertiary/aromatic N) is 2. The average molecular weight is 403 g/mol. The van der Waals surface area contributed by atoms with Gasteiger partial charge in [-0.05, 0) is 92.5 Å². The molecule has 0 heterocycles. The topological polar surface area (TPSA) is 54.8 Å². The van der Waals surface area contributed by atoms with Crippen LogP contribution < -0.4 is 0 Å². The zero-order chi connectivity index (χ0) is 20.5. The molecule has 2 aromatic rings. The Morgan fingerprint density at radius 2 is 0.963 bits per heavy atom. The van der Waals surface area contributed by atoms with Crippen molar-refractivity contribution in [3.05, 3.63) is 86.1 Å². The molecule has 2 aromatic carbocycles. The molecule has 0 radical (unpaired) electrons. The summed E-state index contributed by atoms with van der Waals surface area (Å²) in [6.07, 6.45) is 0.538. The summed E-state index contributed by atoms with van der Waals surface area (Å²) in [7, 11) is 0. The number of hydrogen-bond acceptors (Lipinski definition) is 2. The number of rotatable bonds is 2. The van der Waals surface area contributed by atoms with Crippen molar-refractivity contribution in [3.63, 3.8) is 0 Å². The highest BCUT2D eigenvalue weighted by Gasteiger charge is 2.22. The molecular formula is C21H20Cl2N2O2. The van der Waals surface area contributed by atoms with Crippen molar-refractivity contribution >= 4 is 23.2 Å². The van der Waals surface area contributed by atoms with Crippen molar-refractivity contribution in [2.24, 2.45) is 0 Å². The lowest BCUT2D eigenvalue weighted by Crippen LogP contribution is -2.07. The monoisotopic (exact) mass is 402 g/mol. The predicted octanol–water partition coefficient (Wildman–Crippen LogP) is 6.79. The highest BCUT2D eigenvalue weighted by Crippen LogP contribution is 2.36. The van der Waals surface area contributed by atoms with Crippen molar-refractivity contribution < 1.29 is 0 Å². The quantitative estimate of drug-likeness (QED) is 0.518. The summed E-state index contributed by atoms with van der Waals surface area (Å²) in [5.41, 5.74) is 8.38. The minimum absolute atomic E-state index is 0.538. The highest BCUT2D eigenvalue weighted by molar-refractivity contribution is 6.32. The molecule has 0 aromatic heterocycles. The molecular weight excluding hydrogens is 383 g/mol. The Labute approximate surface area is 169 Å². The van der Waals surface area contributed by atoms with Crippen molar-refractivity contribution in [1.29, 1.82) is 0 Å². The fourth-order valence-electron chi connectivity index (χ4n) is 3.61. The molecule has 0 fully saturated rings. The van der Waals surface area contributed by atoms with Crippen LogP contribution in [-0.4, -0.2) is 0 Å². The molecule has 0 spiro atoms. The van der Waals surface area contributed by atoms with Crippen LogP contribution in [0.1, 0.15) is 55.6 Å². The third-order valence-electron chi connectivity index (χ3n) is 5.30. The van der Waals surface area contributed by atoms with Gasteiger partial charge in [0.15, 0.2) is 0 Å². The molecule has 0 aliphatic rings. The van der Waals surface area contributed by atoms with Crippen LogP contribution >= 0.6 is 23.2 Å². The summed E-state index contributed by atoms with van der Waals surface area (Å²) in [4.78, 5) is 0. The standard InChI is InChI=1S/C21H20Cl2N2O2/c1-10-16(12(3)20(22)14(5)18(10)8-24-26)7-17-11(2)19(9-25-27)15(6)21(23)13(17)4/h7H2,1-6H3. The van der Waals surface area contributed by atoms with Crippen LogP contribution in [0.4, 0.5) is 0 Å². The maximum atomic E-state index is 10.8. The summed E-state index contributed by atoms with van der Waals surface area (Å²) < 4.78 is 0. The lowest BCUT2D eigenvalue weighted by molar-refractivity contribution is 1.06. The van der Waals surface area contributed by atoms with E-state index in [0.717, 1.165) is 44.5 Å². The summed E-state index contributed by atoms with van der Waals surface area (Å²) >= 11 is 13.0. The van der Waals surface area contributed by atoms with Gasteiger partial charge in [0.2, 0.25) is 0 Å². The van der Waals surface area contributed by atoms with Crippen LogP contribution in [0.5, 0.6) is 0 Å². The zero-order valence-corrected chi connectivity index (χ0v) is 17.7. The van der Waals surface area contributed by atoms with Crippen LogP contribution in [0.15, 0.2) is 0 Å². The molecule has 6 heteroatoms. The molecule has 0 amide bonds. The maximum absolute atomic E-state index is 10.8. The van der Waals surface area contributed by atoms with Gasteiger partial charge in [0.25, 0.3) is 0 Å². The molecule has 4 nitrogen and oxygen atoms in total. The van der Waals surface area contributed by atoms with Gasteiger partial charge in [-0.1, -0.05) is 23.2 Å². The first-order valence-electron chi connectivity index (χ1n) is 8.40. The van der Waals surface area contributed by atoms with Gasteiger partial charge in [0.05, 0.1) is 0 Å². The predicted molar refractivity (Wildman–Crippen MR) is 114 cm³/mol. The average Bonchev–Trinajstić information content (AvgIpc) is 2.65. The first-order valence-corrected chi connectivity index (χ1v) is 9.15. The van der Waals surface area contributed by atoms with Crippen LogP contribution in [0.3, 0.4) is 0 Å². The Hall–Kier alpha value is -2.40. The van der Waals surface area contributed by atoms with E-state index >= 15 is 0 Å². The maximum Gasteiger partial charge on any atom is 0.337 e. The normalized spacial score (nSPS) is 10.1. The summed E-state index contributed by atoms with van der Waals surface area (Å²) in [5.74, 6) is 0. The van der Waals surface area contributed by atoms with Gasteiger partial charge in [0, 0.05) is 20.1 Å². The summed E-state index contributed by atoms with van der Waals surface area (Å²) in [6, 6.07) is 5.02. The van der Waals surface area contributed by atoms with Crippen LogP contribution in [-0.2, 0) is 6.42 Å². The van der Waals surface area contributed by atoms with Crippen LogP contribution in [0.2, 0.25) is 10.0 Å². The van der Waals surface area contributed by atoms with Gasteiger partial charge in [-0.3, -0.25) is 0 Å². The van der Waals surface area contributed by atoms with E-state index in [1.807, 2.05) is 41.5 Å². The number of halogens is 2. The van der Waals surface area contributed by atoms with E-state index in [1.165, 1.54) is 0 Å². The Morgan fingerprint density at radius 3 is 1.26 bits per heavy atom. The second-order valence-corrected chi connectivity index (χ2v) is 7.42. The van der Waals surface area contributed by atoms with Crippen molar-refractivity contribution in [3.8, 4) is 12.1 Å². The van der Waals surface area contributed by atoms with Crippen LogP contribution in [0, 0.1) is 64.1 Å². The van der Waals surface area contributed by atoms with E-state index in [9.17, 15) is 10.4 Å². The molecule has 0 saturated carbocycles. The largest absolute Gasteiger partial charge is 0.498 e. The molecule has 0 N–H and O–H groups in total. The van der Waals surface area contributed by atoms with Crippen LogP contribution in [0.25, 0.3) is 10.0 Å². The smallest absolute Gasteiger partial charge is 0.337 e. The molecule has 0 atom stereocenters. The molecule has 2 rings (SSSR count). The highest BCUT2D eigenvalue weighted by atomic mass is 35.5. The Kier molecular flexibility index (Phi) is 6.26. The van der Waals surface area contributed by atoms with Crippen molar-refractivity contribution in [2.45, 2.75) is 48.0 Å². The molecule has 0 unspecified atom stereocenters. The summed E-state index contributed by atoms with van der Waals surface area (Å²) in [5, 5.41) is 28.4. The molecule has 0 saturated heterocycles. The molecule has 0 bridgehead atoms.